The lowest BCUT2D eigenvalue weighted by Gasteiger charge is -2.08. The van der Waals surface area contributed by atoms with Gasteiger partial charge in [0.25, 0.3) is 0 Å². The molecule has 2 rings (SSSR count). The fourth-order valence-electron chi connectivity index (χ4n) is 2.14. The highest BCUT2D eigenvalue weighted by Gasteiger charge is 2.19. The van der Waals surface area contributed by atoms with Gasteiger partial charge in [0.15, 0.2) is 0 Å². The highest BCUT2D eigenvalue weighted by Crippen LogP contribution is 2.18. The molecule has 1 aromatic heterocycles. The SMILES string of the molecule is CC(=CCCNC1CC1)Cc1ncnn1CC(C)C. The van der Waals surface area contributed by atoms with Gasteiger partial charge in [0.2, 0.25) is 0 Å². The molecule has 106 valence electrons. The fraction of sp³-hybridized carbons (Fsp3) is 0.733. The second-order valence-corrected chi connectivity index (χ2v) is 6.00. The normalized spacial score (nSPS) is 16.3. The lowest BCUT2D eigenvalue weighted by atomic mass is 10.1. The summed E-state index contributed by atoms with van der Waals surface area (Å²) in [4.78, 5) is 4.37. The monoisotopic (exact) mass is 262 g/mol. The van der Waals surface area contributed by atoms with E-state index in [9.17, 15) is 0 Å². The Morgan fingerprint density at radius 2 is 2.32 bits per heavy atom. The molecule has 19 heavy (non-hydrogen) atoms. The molecule has 1 aliphatic rings. The molecule has 1 fully saturated rings. The highest BCUT2D eigenvalue weighted by molar-refractivity contribution is 5.07. The zero-order valence-electron chi connectivity index (χ0n) is 12.4. The lowest BCUT2D eigenvalue weighted by Crippen LogP contribution is -2.16. The minimum Gasteiger partial charge on any atom is -0.314 e. The van der Waals surface area contributed by atoms with Crippen LogP contribution in [0.3, 0.4) is 0 Å². The lowest BCUT2D eigenvalue weighted by molar-refractivity contribution is 0.468. The van der Waals surface area contributed by atoms with Crippen molar-refractivity contribution in [1.82, 2.24) is 20.1 Å². The molecule has 0 atom stereocenters. The highest BCUT2D eigenvalue weighted by atomic mass is 15.3. The van der Waals surface area contributed by atoms with Gasteiger partial charge in [0.05, 0.1) is 0 Å². The van der Waals surface area contributed by atoms with E-state index < -0.39 is 0 Å². The molecule has 1 heterocycles. The van der Waals surface area contributed by atoms with Crippen LogP contribution in [-0.2, 0) is 13.0 Å². The standard InChI is InChI=1S/C15H26N4/c1-12(2)10-19-15(17-11-18-19)9-13(3)5-4-8-16-14-6-7-14/h5,11-12,14,16H,4,6-10H2,1-3H3. The second kappa shape index (κ2) is 6.85. The molecule has 1 aliphatic carbocycles. The Morgan fingerprint density at radius 1 is 1.53 bits per heavy atom. The number of hydrogen-bond acceptors (Lipinski definition) is 3. The molecular formula is C15H26N4. The van der Waals surface area contributed by atoms with Crippen LogP contribution in [0.4, 0.5) is 0 Å². The van der Waals surface area contributed by atoms with Gasteiger partial charge in [-0.3, -0.25) is 0 Å². The summed E-state index contributed by atoms with van der Waals surface area (Å²) in [6.45, 7) is 8.65. The first kappa shape index (κ1) is 14.3. The van der Waals surface area contributed by atoms with Crippen LogP contribution in [0.2, 0.25) is 0 Å². The summed E-state index contributed by atoms with van der Waals surface area (Å²) in [5.74, 6) is 1.69. The number of nitrogens with zero attached hydrogens (tertiary/aromatic N) is 3. The molecule has 0 aromatic carbocycles. The first-order chi connectivity index (χ1) is 9.15. The van der Waals surface area contributed by atoms with Gasteiger partial charge in [-0.15, -0.1) is 0 Å². The van der Waals surface area contributed by atoms with Crippen molar-refractivity contribution in [3.63, 3.8) is 0 Å². The number of aromatic nitrogens is 3. The molecule has 0 saturated heterocycles. The van der Waals surface area contributed by atoms with Gasteiger partial charge >= 0.3 is 0 Å². The van der Waals surface area contributed by atoms with Crippen molar-refractivity contribution < 1.29 is 0 Å². The smallest absolute Gasteiger partial charge is 0.138 e. The van der Waals surface area contributed by atoms with Gasteiger partial charge in [-0.05, 0) is 38.6 Å². The van der Waals surface area contributed by atoms with E-state index in [1.807, 2.05) is 4.68 Å². The van der Waals surface area contributed by atoms with E-state index in [2.05, 4.69) is 42.2 Å². The summed E-state index contributed by atoms with van der Waals surface area (Å²) in [7, 11) is 0. The van der Waals surface area contributed by atoms with Gasteiger partial charge in [0.1, 0.15) is 12.2 Å². The van der Waals surface area contributed by atoms with Crippen LogP contribution in [0, 0.1) is 5.92 Å². The minimum absolute atomic E-state index is 0.604. The topological polar surface area (TPSA) is 42.7 Å². The molecule has 1 aromatic rings. The van der Waals surface area contributed by atoms with E-state index in [0.717, 1.165) is 37.8 Å². The maximum absolute atomic E-state index is 4.37. The van der Waals surface area contributed by atoms with Crippen LogP contribution in [-0.4, -0.2) is 27.4 Å². The van der Waals surface area contributed by atoms with Gasteiger partial charge in [0, 0.05) is 19.0 Å². The van der Waals surface area contributed by atoms with E-state index in [0.29, 0.717) is 5.92 Å². The maximum Gasteiger partial charge on any atom is 0.138 e. The van der Waals surface area contributed by atoms with Gasteiger partial charge in [-0.25, -0.2) is 9.67 Å². The Bertz CT molecular complexity index is 416. The predicted octanol–water partition coefficient (Wildman–Crippen LogP) is 2.57. The van der Waals surface area contributed by atoms with Crippen molar-refractivity contribution >= 4 is 0 Å². The molecule has 1 saturated carbocycles. The van der Waals surface area contributed by atoms with Gasteiger partial charge in [-0.2, -0.15) is 5.10 Å². The summed E-state index contributed by atoms with van der Waals surface area (Å²) in [6.07, 6.45) is 8.74. The summed E-state index contributed by atoms with van der Waals surface area (Å²) in [5.41, 5.74) is 1.38. The van der Waals surface area contributed by atoms with Crippen molar-refractivity contribution in [1.29, 1.82) is 0 Å². The van der Waals surface area contributed by atoms with E-state index in [1.54, 1.807) is 6.33 Å². The second-order valence-electron chi connectivity index (χ2n) is 6.00. The van der Waals surface area contributed by atoms with Crippen LogP contribution in [0.5, 0.6) is 0 Å². The molecule has 0 spiro atoms. The van der Waals surface area contributed by atoms with Crippen molar-refractivity contribution in [2.24, 2.45) is 5.92 Å². The van der Waals surface area contributed by atoms with E-state index >= 15 is 0 Å². The van der Waals surface area contributed by atoms with Crippen LogP contribution < -0.4 is 5.32 Å². The first-order valence-corrected chi connectivity index (χ1v) is 7.41. The average molecular weight is 262 g/mol. The minimum atomic E-state index is 0.604. The first-order valence-electron chi connectivity index (χ1n) is 7.41. The molecule has 4 nitrogen and oxygen atoms in total. The number of hydrogen-bond donors (Lipinski definition) is 1. The van der Waals surface area contributed by atoms with E-state index in [-0.39, 0.29) is 0 Å². The van der Waals surface area contributed by atoms with Crippen molar-refractivity contribution in [3.8, 4) is 0 Å². The number of nitrogens with one attached hydrogen (secondary N) is 1. The summed E-state index contributed by atoms with van der Waals surface area (Å²) >= 11 is 0. The van der Waals surface area contributed by atoms with Crippen LogP contribution in [0.15, 0.2) is 18.0 Å². The third-order valence-electron chi connectivity index (χ3n) is 3.32. The number of allylic oxidation sites excluding steroid dienone is 1. The third-order valence-corrected chi connectivity index (χ3v) is 3.32. The fourth-order valence-corrected chi connectivity index (χ4v) is 2.14. The Kier molecular flexibility index (Phi) is 5.14. The maximum atomic E-state index is 4.37. The molecule has 0 bridgehead atoms. The predicted molar refractivity (Wildman–Crippen MR) is 78.0 cm³/mol. The molecule has 0 amide bonds. The van der Waals surface area contributed by atoms with Crippen molar-refractivity contribution in [2.75, 3.05) is 6.54 Å². The summed E-state index contributed by atoms with van der Waals surface area (Å²) in [5, 5.41) is 7.83. The molecular weight excluding hydrogens is 236 g/mol. The summed E-state index contributed by atoms with van der Waals surface area (Å²) < 4.78 is 2.03. The molecule has 1 N–H and O–H groups in total. The van der Waals surface area contributed by atoms with E-state index in [4.69, 9.17) is 0 Å². The number of rotatable bonds is 8. The quantitative estimate of drug-likeness (QED) is 0.578. The molecule has 4 heteroatoms. The van der Waals surface area contributed by atoms with Crippen LogP contribution in [0.1, 0.15) is 45.9 Å². The van der Waals surface area contributed by atoms with Crippen LogP contribution >= 0.6 is 0 Å². The largest absolute Gasteiger partial charge is 0.314 e. The zero-order chi connectivity index (χ0) is 13.7. The molecule has 0 radical (unpaired) electrons. The average Bonchev–Trinajstić information content (AvgIpc) is 3.08. The van der Waals surface area contributed by atoms with Crippen molar-refractivity contribution in [2.45, 2.75) is 59.0 Å². The van der Waals surface area contributed by atoms with Gasteiger partial charge < -0.3 is 5.32 Å². The van der Waals surface area contributed by atoms with Gasteiger partial charge in [-0.1, -0.05) is 25.5 Å². The van der Waals surface area contributed by atoms with Crippen LogP contribution in [0.25, 0.3) is 0 Å². The van der Waals surface area contributed by atoms with E-state index in [1.165, 1.54) is 18.4 Å². The summed E-state index contributed by atoms with van der Waals surface area (Å²) in [6, 6.07) is 0.808. The van der Waals surface area contributed by atoms with Crippen molar-refractivity contribution in [3.05, 3.63) is 23.8 Å². The molecule has 0 unspecified atom stereocenters. The Hall–Kier alpha value is -1.16. The Labute approximate surface area is 116 Å². The third kappa shape index (κ3) is 5.15. The Balaban J connectivity index is 1.78. The Morgan fingerprint density at radius 3 is 3.00 bits per heavy atom. The zero-order valence-corrected chi connectivity index (χ0v) is 12.4. The molecule has 0 aliphatic heterocycles.